The predicted molar refractivity (Wildman–Crippen MR) is 76.1 cm³/mol. The number of rotatable bonds is 3. The van der Waals surface area contributed by atoms with E-state index in [9.17, 15) is 18.0 Å². The smallest absolute Gasteiger partial charge is 0.318 e. The molecule has 2 aromatic carbocycles. The SMILES string of the molecule is Nc1ccc(S(=O)(=O)ON2C(=O)c3ccccc3C2=O)cc1. The van der Waals surface area contributed by atoms with Crippen molar-refractivity contribution in [2.75, 3.05) is 5.73 Å². The highest BCUT2D eigenvalue weighted by Crippen LogP contribution is 2.25. The number of nitrogens with zero attached hydrogens (tertiary/aromatic N) is 1. The van der Waals surface area contributed by atoms with Crippen LogP contribution in [0, 0.1) is 0 Å². The van der Waals surface area contributed by atoms with Crippen LogP contribution in [0.1, 0.15) is 20.7 Å². The van der Waals surface area contributed by atoms with Crippen molar-refractivity contribution in [2.45, 2.75) is 4.90 Å². The minimum absolute atomic E-state index is 0.0972. The molecular formula is C14H10N2O5S. The number of carbonyl (C=O) groups excluding carboxylic acids is 2. The summed E-state index contributed by atoms with van der Waals surface area (Å²) in [4.78, 5) is 23.9. The number of hydrogen-bond acceptors (Lipinski definition) is 6. The third kappa shape index (κ3) is 2.24. The summed E-state index contributed by atoms with van der Waals surface area (Å²) in [6, 6.07) is 11.2. The van der Waals surface area contributed by atoms with Gasteiger partial charge in [0.1, 0.15) is 0 Å². The normalized spacial score (nSPS) is 14.3. The fraction of sp³-hybridized carbons (Fsp3) is 0. The Morgan fingerprint density at radius 3 is 1.86 bits per heavy atom. The summed E-state index contributed by atoms with van der Waals surface area (Å²) in [6.07, 6.45) is 0. The van der Waals surface area contributed by atoms with Crippen molar-refractivity contribution in [3.05, 3.63) is 59.7 Å². The quantitative estimate of drug-likeness (QED) is 0.673. The van der Waals surface area contributed by atoms with E-state index in [1.165, 1.54) is 36.4 Å². The lowest BCUT2D eigenvalue weighted by atomic mass is 10.1. The second-order valence-corrected chi connectivity index (χ2v) is 6.08. The van der Waals surface area contributed by atoms with Gasteiger partial charge in [0, 0.05) is 5.69 Å². The molecule has 7 nitrogen and oxygen atoms in total. The summed E-state index contributed by atoms with van der Waals surface area (Å²) < 4.78 is 29.0. The van der Waals surface area contributed by atoms with E-state index in [4.69, 9.17) is 10.0 Å². The molecule has 8 heteroatoms. The van der Waals surface area contributed by atoms with E-state index < -0.39 is 21.9 Å². The highest BCUT2D eigenvalue weighted by molar-refractivity contribution is 7.86. The Bertz CT molecular complexity index is 839. The molecule has 0 saturated carbocycles. The molecule has 0 spiro atoms. The van der Waals surface area contributed by atoms with Gasteiger partial charge >= 0.3 is 10.1 Å². The van der Waals surface area contributed by atoms with Crippen LogP contribution in [0.25, 0.3) is 0 Å². The van der Waals surface area contributed by atoms with Crippen LogP contribution in [0.15, 0.2) is 53.4 Å². The molecular weight excluding hydrogens is 308 g/mol. The minimum Gasteiger partial charge on any atom is -0.399 e. The van der Waals surface area contributed by atoms with Crippen LogP contribution in [-0.2, 0) is 14.4 Å². The van der Waals surface area contributed by atoms with Crippen LogP contribution >= 0.6 is 0 Å². The van der Waals surface area contributed by atoms with Crippen LogP contribution in [-0.4, -0.2) is 25.3 Å². The summed E-state index contributed by atoms with van der Waals surface area (Å²) in [5, 5.41) is 0.246. The third-order valence-corrected chi connectivity index (χ3v) is 4.29. The summed E-state index contributed by atoms with van der Waals surface area (Å²) in [5.41, 5.74) is 6.05. The van der Waals surface area contributed by atoms with Crippen molar-refractivity contribution in [1.82, 2.24) is 5.06 Å². The number of hydrogen-bond donors (Lipinski definition) is 1. The minimum atomic E-state index is -4.32. The van der Waals surface area contributed by atoms with Crippen LogP contribution < -0.4 is 5.73 Å². The van der Waals surface area contributed by atoms with Gasteiger partial charge in [0.05, 0.1) is 16.0 Å². The molecule has 0 bridgehead atoms. The zero-order valence-corrected chi connectivity index (χ0v) is 11.9. The molecule has 1 aliphatic heterocycles. The van der Waals surface area contributed by atoms with Crippen molar-refractivity contribution < 1.29 is 22.3 Å². The number of anilines is 1. The molecule has 1 aliphatic rings. The zero-order chi connectivity index (χ0) is 15.9. The van der Waals surface area contributed by atoms with Gasteiger partial charge in [-0.15, -0.1) is 9.35 Å². The van der Waals surface area contributed by atoms with Gasteiger partial charge in [-0.2, -0.15) is 8.42 Å². The Morgan fingerprint density at radius 2 is 1.36 bits per heavy atom. The Labute approximate surface area is 126 Å². The first-order chi connectivity index (χ1) is 10.4. The van der Waals surface area contributed by atoms with Crippen LogP contribution in [0.5, 0.6) is 0 Å². The summed E-state index contributed by atoms with van der Waals surface area (Å²) >= 11 is 0. The lowest BCUT2D eigenvalue weighted by molar-refractivity contribution is -0.0103. The Morgan fingerprint density at radius 1 is 0.864 bits per heavy atom. The molecule has 112 valence electrons. The van der Waals surface area contributed by atoms with Gasteiger partial charge in [-0.25, -0.2) is 0 Å². The van der Waals surface area contributed by atoms with Crippen molar-refractivity contribution in [3.63, 3.8) is 0 Å². The van der Waals surface area contributed by atoms with Crippen molar-refractivity contribution in [2.24, 2.45) is 0 Å². The van der Waals surface area contributed by atoms with E-state index in [1.54, 1.807) is 12.1 Å². The van der Waals surface area contributed by atoms with E-state index in [2.05, 4.69) is 0 Å². The van der Waals surface area contributed by atoms with E-state index >= 15 is 0 Å². The average Bonchev–Trinajstić information content (AvgIpc) is 2.73. The molecule has 0 aliphatic carbocycles. The summed E-state index contributed by atoms with van der Waals surface area (Å²) in [6.45, 7) is 0. The van der Waals surface area contributed by atoms with Crippen LogP contribution in [0.2, 0.25) is 0 Å². The number of fused-ring (bicyclic) bond motifs is 1. The first-order valence-electron chi connectivity index (χ1n) is 6.18. The first kappa shape index (κ1) is 14.2. The number of imide groups is 1. The fourth-order valence-corrected chi connectivity index (χ4v) is 2.90. The van der Waals surface area contributed by atoms with Gasteiger partial charge < -0.3 is 5.73 Å². The predicted octanol–water partition coefficient (Wildman–Crippen LogP) is 1.19. The second kappa shape index (κ2) is 4.93. The molecule has 0 fully saturated rings. The molecule has 0 saturated heterocycles. The Hall–Kier alpha value is -2.71. The van der Waals surface area contributed by atoms with E-state index in [-0.39, 0.29) is 21.1 Å². The first-order valence-corrected chi connectivity index (χ1v) is 7.59. The molecule has 2 N–H and O–H groups in total. The number of hydroxylamine groups is 2. The maximum atomic E-state index is 12.1. The molecule has 0 aromatic heterocycles. The second-order valence-electron chi connectivity index (χ2n) is 4.55. The third-order valence-electron chi connectivity index (χ3n) is 3.10. The van der Waals surface area contributed by atoms with Crippen molar-refractivity contribution in [1.29, 1.82) is 0 Å². The van der Waals surface area contributed by atoms with Gasteiger partial charge in [-0.1, -0.05) is 12.1 Å². The molecule has 2 amide bonds. The molecule has 22 heavy (non-hydrogen) atoms. The average molecular weight is 318 g/mol. The zero-order valence-electron chi connectivity index (χ0n) is 11.1. The molecule has 0 atom stereocenters. The van der Waals surface area contributed by atoms with Gasteiger partial charge in [-0.3, -0.25) is 9.59 Å². The fourth-order valence-electron chi connectivity index (χ4n) is 2.01. The number of carbonyl (C=O) groups is 2. The standard InChI is InChI=1S/C14H10N2O5S/c15-9-5-7-10(8-6-9)22(19,20)21-16-13(17)11-3-1-2-4-12(11)14(16)18/h1-8H,15H2. The topological polar surface area (TPSA) is 107 Å². The largest absolute Gasteiger partial charge is 0.399 e. The molecule has 0 radical (unpaired) electrons. The monoisotopic (exact) mass is 318 g/mol. The number of amides is 2. The van der Waals surface area contributed by atoms with Crippen molar-refractivity contribution in [3.8, 4) is 0 Å². The molecule has 1 heterocycles. The van der Waals surface area contributed by atoms with Gasteiger partial charge in [0.2, 0.25) is 0 Å². The number of benzene rings is 2. The van der Waals surface area contributed by atoms with Gasteiger partial charge in [0.25, 0.3) is 11.8 Å². The highest BCUT2D eigenvalue weighted by Gasteiger charge is 2.39. The summed E-state index contributed by atoms with van der Waals surface area (Å²) in [5.74, 6) is -1.64. The van der Waals surface area contributed by atoms with E-state index in [1.807, 2.05) is 0 Å². The maximum absolute atomic E-state index is 12.1. The van der Waals surface area contributed by atoms with E-state index in [0.717, 1.165) is 0 Å². The number of nitrogen functional groups attached to an aromatic ring is 1. The molecule has 2 aromatic rings. The highest BCUT2D eigenvalue weighted by atomic mass is 32.2. The van der Waals surface area contributed by atoms with Crippen molar-refractivity contribution >= 4 is 27.6 Å². The Kier molecular flexibility index (Phi) is 3.19. The lowest BCUT2D eigenvalue weighted by Crippen LogP contribution is -2.32. The van der Waals surface area contributed by atoms with Crippen LogP contribution in [0.4, 0.5) is 5.69 Å². The van der Waals surface area contributed by atoms with E-state index in [0.29, 0.717) is 5.69 Å². The van der Waals surface area contributed by atoms with Gasteiger partial charge in [0.15, 0.2) is 0 Å². The lowest BCUT2D eigenvalue weighted by Gasteiger charge is -2.12. The number of nitrogens with two attached hydrogens (primary N) is 1. The van der Waals surface area contributed by atoms with Crippen LogP contribution in [0.3, 0.4) is 0 Å². The Balaban J connectivity index is 1.93. The van der Waals surface area contributed by atoms with Gasteiger partial charge in [-0.05, 0) is 36.4 Å². The summed E-state index contributed by atoms with van der Waals surface area (Å²) in [7, 11) is -4.32. The maximum Gasteiger partial charge on any atom is 0.318 e. The molecule has 3 rings (SSSR count). The molecule has 0 unspecified atom stereocenters.